The molecule has 0 radical (unpaired) electrons. The zero-order chi connectivity index (χ0) is 18.0. The maximum absolute atomic E-state index is 13.0. The van der Waals surface area contributed by atoms with Crippen LogP contribution in [-0.2, 0) is 10.0 Å². The Morgan fingerprint density at radius 2 is 1.92 bits per heavy atom. The smallest absolute Gasteiger partial charge is 0.243 e. The summed E-state index contributed by atoms with van der Waals surface area (Å²) in [5, 5.41) is 7.97. The van der Waals surface area contributed by atoms with Crippen LogP contribution in [0.2, 0.25) is 0 Å². The second-order valence-electron chi connectivity index (χ2n) is 6.53. The van der Waals surface area contributed by atoms with Crippen molar-refractivity contribution < 1.29 is 13.2 Å². The minimum atomic E-state index is -3.52. The zero-order valence-corrected chi connectivity index (χ0v) is 15.6. The molecule has 1 aliphatic rings. The third-order valence-electron chi connectivity index (χ3n) is 4.35. The number of sulfonamides is 1. The minimum Gasteiger partial charge on any atom is -0.472 e. The summed E-state index contributed by atoms with van der Waals surface area (Å²) in [6, 6.07) is 9.01. The van der Waals surface area contributed by atoms with Crippen LogP contribution in [0.1, 0.15) is 29.7 Å². The minimum absolute atomic E-state index is 0.216. The Balaban J connectivity index is 1.76. The normalized spacial score (nSPS) is 18.9. The van der Waals surface area contributed by atoms with Crippen LogP contribution in [0.5, 0.6) is 5.88 Å². The third kappa shape index (κ3) is 3.99. The van der Waals surface area contributed by atoms with Gasteiger partial charge in [-0.1, -0.05) is 17.7 Å². The second-order valence-corrected chi connectivity index (χ2v) is 8.43. The molecule has 0 aliphatic carbocycles. The molecular weight excluding hydrogens is 338 g/mol. The van der Waals surface area contributed by atoms with Crippen LogP contribution in [0.3, 0.4) is 0 Å². The summed E-state index contributed by atoms with van der Waals surface area (Å²) < 4.78 is 33.4. The number of hydrogen-bond acceptors (Lipinski definition) is 5. The molecule has 0 saturated carbocycles. The van der Waals surface area contributed by atoms with E-state index in [1.807, 2.05) is 39.0 Å². The van der Waals surface area contributed by atoms with Crippen molar-refractivity contribution in [2.24, 2.45) is 0 Å². The SMILES string of the molecule is Cc1ccc(S(=O)(=O)N2CCCC(Oc3ccc(C)nn3)C2)c(C)c1. The van der Waals surface area contributed by atoms with E-state index in [2.05, 4.69) is 10.2 Å². The fraction of sp³-hybridized carbons (Fsp3) is 0.444. The summed E-state index contributed by atoms with van der Waals surface area (Å²) in [5.74, 6) is 0.432. The summed E-state index contributed by atoms with van der Waals surface area (Å²) in [6.45, 7) is 6.48. The molecule has 2 heterocycles. The molecule has 134 valence electrons. The predicted octanol–water partition coefficient (Wildman–Crippen LogP) is 2.63. The van der Waals surface area contributed by atoms with Gasteiger partial charge in [-0.3, -0.25) is 0 Å². The number of benzene rings is 1. The van der Waals surface area contributed by atoms with Gasteiger partial charge in [0, 0.05) is 12.6 Å². The quantitative estimate of drug-likeness (QED) is 0.837. The van der Waals surface area contributed by atoms with Gasteiger partial charge in [0.25, 0.3) is 0 Å². The molecule has 3 rings (SSSR count). The standard InChI is InChI=1S/C18H23N3O3S/c1-13-6-8-17(14(2)11-13)25(22,23)21-10-4-5-16(12-21)24-18-9-7-15(3)19-20-18/h6-9,11,16H,4-5,10,12H2,1-3H3. The molecule has 2 aromatic rings. The molecule has 6 nitrogen and oxygen atoms in total. The lowest BCUT2D eigenvalue weighted by molar-refractivity contribution is 0.123. The molecule has 1 aromatic carbocycles. The van der Waals surface area contributed by atoms with Crippen molar-refractivity contribution in [3.63, 3.8) is 0 Å². The average molecular weight is 361 g/mol. The molecule has 0 spiro atoms. The lowest BCUT2D eigenvalue weighted by atomic mass is 10.1. The Morgan fingerprint density at radius 1 is 1.12 bits per heavy atom. The first-order valence-electron chi connectivity index (χ1n) is 8.40. The Hall–Kier alpha value is -1.99. The maximum Gasteiger partial charge on any atom is 0.243 e. The number of hydrogen-bond donors (Lipinski definition) is 0. The lowest BCUT2D eigenvalue weighted by Gasteiger charge is -2.32. The van der Waals surface area contributed by atoms with Crippen molar-refractivity contribution in [3.8, 4) is 5.88 Å². The molecule has 0 bridgehead atoms. The number of piperidine rings is 1. The van der Waals surface area contributed by atoms with Crippen LogP contribution in [0.15, 0.2) is 35.2 Å². The summed E-state index contributed by atoms with van der Waals surface area (Å²) in [7, 11) is -3.52. The first kappa shape index (κ1) is 17.8. The van der Waals surface area contributed by atoms with Crippen molar-refractivity contribution in [2.75, 3.05) is 13.1 Å². The highest BCUT2D eigenvalue weighted by atomic mass is 32.2. The van der Waals surface area contributed by atoms with E-state index in [0.717, 1.165) is 29.7 Å². The van der Waals surface area contributed by atoms with E-state index in [4.69, 9.17) is 4.74 Å². The highest BCUT2D eigenvalue weighted by molar-refractivity contribution is 7.89. The van der Waals surface area contributed by atoms with Crippen LogP contribution < -0.4 is 4.74 Å². The van der Waals surface area contributed by atoms with E-state index in [1.165, 1.54) is 4.31 Å². The number of aryl methyl sites for hydroxylation is 3. The van der Waals surface area contributed by atoms with Gasteiger partial charge >= 0.3 is 0 Å². The molecule has 1 atom stereocenters. The summed E-state index contributed by atoms with van der Waals surface area (Å²) in [6.07, 6.45) is 1.34. The first-order valence-corrected chi connectivity index (χ1v) is 9.84. The Morgan fingerprint density at radius 3 is 2.60 bits per heavy atom. The largest absolute Gasteiger partial charge is 0.472 e. The number of aromatic nitrogens is 2. The maximum atomic E-state index is 13.0. The van der Waals surface area contributed by atoms with Crippen molar-refractivity contribution in [2.45, 2.75) is 44.6 Å². The van der Waals surface area contributed by atoms with Crippen LogP contribution >= 0.6 is 0 Å². The van der Waals surface area contributed by atoms with Gasteiger partial charge in [0.05, 0.1) is 17.1 Å². The fourth-order valence-electron chi connectivity index (χ4n) is 3.07. The molecule has 1 saturated heterocycles. The Bertz CT molecular complexity index is 850. The van der Waals surface area contributed by atoms with Crippen LogP contribution in [-0.4, -0.2) is 42.1 Å². The Kier molecular flexibility index (Phi) is 5.06. The molecule has 1 aliphatic heterocycles. The van der Waals surface area contributed by atoms with Gasteiger partial charge in [0.15, 0.2) is 0 Å². The van der Waals surface area contributed by atoms with E-state index >= 15 is 0 Å². The van der Waals surface area contributed by atoms with Gasteiger partial charge in [0.2, 0.25) is 15.9 Å². The molecule has 0 N–H and O–H groups in total. The van der Waals surface area contributed by atoms with Crippen molar-refractivity contribution in [1.82, 2.24) is 14.5 Å². The van der Waals surface area contributed by atoms with Crippen molar-refractivity contribution >= 4 is 10.0 Å². The van der Waals surface area contributed by atoms with E-state index < -0.39 is 10.0 Å². The number of ether oxygens (including phenoxy) is 1. The lowest BCUT2D eigenvalue weighted by Crippen LogP contribution is -2.44. The van der Waals surface area contributed by atoms with Crippen LogP contribution in [0, 0.1) is 20.8 Å². The molecule has 1 aromatic heterocycles. The Labute approximate surface area is 148 Å². The van der Waals surface area contributed by atoms with E-state index in [0.29, 0.717) is 23.9 Å². The third-order valence-corrected chi connectivity index (χ3v) is 6.38. The van der Waals surface area contributed by atoms with Crippen LogP contribution in [0.4, 0.5) is 0 Å². The van der Waals surface area contributed by atoms with Crippen molar-refractivity contribution in [1.29, 1.82) is 0 Å². The molecule has 7 heteroatoms. The van der Waals surface area contributed by atoms with Gasteiger partial charge in [-0.2, -0.15) is 9.40 Å². The van der Waals surface area contributed by atoms with E-state index in [-0.39, 0.29) is 6.10 Å². The summed E-state index contributed by atoms with van der Waals surface area (Å²) in [4.78, 5) is 0.369. The van der Waals surface area contributed by atoms with Gasteiger partial charge in [-0.05, 0) is 51.3 Å². The number of rotatable bonds is 4. The van der Waals surface area contributed by atoms with Crippen molar-refractivity contribution in [3.05, 3.63) is 47.2 Å². The van der Waals surface area contributed by atoms with Gasteiger partial charge in [-0.15, -0.1) is 5.10 Å². The summed E-state index contributed by atoms with van der Waals surface area (Å²) in [5.41, 5.74) is 2.64. The number of nitrogens with zero attached hydrogens (tertiary/aromatic N) is 3. The first-order chi connectivity index (χ1) is 11.9. The van der Waals surface area contributed by atoms with E-state index in [1.54, 1.807) is 12.1 Å². The second kappa shape index (κ2) is 7.09. The average Bonchev–Trinajstić information content (AvgIpc) is 2.57. The highest BCUT2D eigenvalue weighted by Gasteiger charge is 2.32. The zero-order valence-electron chi connectivity index (χ0n) is 14.8. The van der Waals surface area contributed by atoms with Gasteiger partial charge in [-0.25, -0.2) is 8.42 Å². The molecule has 1 unspecified atom stereocenters. The topological polar surface area (TPSA) is 72.4 Å². The molecular formula is C18H23N3O3S. The monoisotopic (exact) mass is 361 g/mol. The molecule has 25 heavy (non-hydrogen) atoms. The predicted molar refractivity (Wildman–Crippen MR) is 95.1 cm³/mol. The summed E-state index contributed by atoms with van der Waals surface area (Å²) >= 11 is 0. The van der Waals surface area contributed by atoms with Crippen LogP contribution in [0.25, 0.3) is 0 Å². The highest BCUT2D eigenvalue weighted by Crippen LogP contribution is 2.25. The van der Waals surface area contributed by atoms with Gasteiger partial charge < -0.3 is 4.74 Å². The fourth-order valence-corrected chi connectivity index (χ4v) is 4.78. The molecule has 1 fully saturated rings. The van der Waals surface area contributed by atoms with E-state index in [9.17, 15) is 8.42 Å². The van der Waals surface area contributed by atoms with Gasteiger partial charge in [0.1, 0.15) is 6.10 Å². The molecule has 0 amide bonds.